The van der Waals surface area contributed by atoms with Gasteiger partial charge in [-0.05, 0) is 43.0 Å². The van der Waals surface area contributed by atoms with Crippen LogP contribution in [0.5, 0.6) is 11.5 Å². The summed E-state index contributed by atoms with van der Waals surface area (Å²) >= 11 is 1.52. The summed E-state index contributed by atoms with van der Waals surface area (Å²) in [7, 11) is 0. The van der Waals surface area contributed by atoms with Gasteiger partial charge >= 0.3 is 12.0 Å². The highest BCUT2D eigenvalue weighted by Gasteiger charge is 2.25. The van der Waals surface area contributed by atoms with Crippen molar-refractivity contribution in [3.8, 4) is 11.5 Å². The number of carbonyl (C=O) groups is 3. The third kappa shape index (κ3) is 6.24. The first-order valence-corrected chi connectivity index (χ1v) is 9.71. The lowest BCUT2D eigenvalue weighted by Gasteiger charge is -2.19. The largest absolute Gasteiger partial charge is 0.454 e. The van der Waals surface area contributed by atoms with E-state index in [2.05, 4.69) is 10.6 Å². The maximum absolute atomic E-state index is 12.2. The molecule has 0 bridgehead atoms. The SMILES string of the molecule is CSCC[C@@H](NC(N)=O)C(=O)O[C@@H](C)C(=O)NCc1ccc2c(c1)OCO2. The molecule has 9 nitrogen and oxygen atoms in total. The van der Waals surface area contributed by atoms with Crippen molar-refractivity contribution in [3.63, 3.8) is 0 Å². The molecule has 0 spiro atoms. The van der Waals surface area contributed by atoms with Crippen LogP contribution in [0.2, 0.25) is 0 Å². The van der Waals surface area contributed by atoms with Crippen LogP contribution in [-0.4, -0.2) is 48.9 Å². The Kier molecular flexibility index (Phi) is 7.59. The number of urea groups is 1. The summed E-state index contributed by atoms with van der Waals surface area (Å²) < 4.78 is 15.7. The second kappa shape index (κ2) is 9.91. The third-order valence-corrected chi connectivity index (χ3v) is 4.42. The van der Waals surface area contributed by atoms with E-state index in [1.165, 1.54) is 18.7 Å². The number of carbonyl (C=O) groups excluding carboxylic acids is 3. The van der Waals surface area contributed by atoms with Crippen molar-refractivity contribution >= 4 is 29.7 Å². The molecule has 0 aromatic heterocycles. The zero-order valence-corrected chi connectivity index (χ0v) is 16.0. The molecule has 148 valence electrons. The topological polar surface area (TPSA) is 129 Å². The molecule has 1 aromatic carbocycles. The molecule has 3 amide bonds. The average Bonchev–Trinajstić information content (AvgIpc) is 3.10. The van der Waals surface area contributed by atoms with Gasteiger partial charge in [-0.1, -0.05) is 6.07 Å². The first-order chi connectivity index (χ1) is 12.9. The predicted octanol–water partition coefficient (Wildman–Crippen LogP) is 0.753. The van der Waals surface area contributed by atoms with Crippen molar-refractivity contribution in [1.29, 1.82) is 0 Å². The Morgan fingerprint density at radius 1 is 1.30 bits per heavy atom. The number of ether oxygens (including phenoxy) is 3. The Hall–Kier alpha value is -2.62. The number of thioether (sulfide) groups is 1. The molecule has 2 rings (SSSR count). The van der Waals surface area contributed by atoms with Crippen molar-refractivity contribution in [1.82, 2.24) is 10.6 Å². The molecule has 27 heavy (non-hydrogen) atoms. The van der Waals surface area contributed by atoms with Crippen LogP contribution in [0, 0.1) is 0 Å². The van der Waals surface area contributed by atoms with Crippen molar-refractivity contribution in [2.45, 2.75) is 32.0 Å². The van der Waals surface area contributed by atoms with Gasteiger partial charge in [-0.2, -0.15) is 11.8 Å². The highest BCUT2D eigenvalue weighted by atomic mass is 32.2. The van der Waals surface area contributed by atoms with Crippen LogP contribution >= 0.6 is 11.8 Å². The summed E-state index contributed by atoms with van der Waals surface area (Å²) in [5, 5.41) is 5.02. The molecule has 0 aliphatic carbocycles. The summed E-state index contributed by atoms with van der Waals surface area (Å²) in [6.45, 7) is 1.88. The van der Waals surface area contributed by atoms with Gasteiger partial charge in [-0.15, -0.1) is 0 Å². The second-order valence-electron chi connectivity index (χ2n) is 5.83. The predicted molar refractivity (Wildman–Crippen MR) is 99.5 cm³/mol. The van der Waals surface area contributed by atoms with Gasteiger partial charge in [-0.3, -0.25) is 4.79 Å². The monoisotopic (exact) mass is 397 g/mol. The standard InChI is InChI=1S/C17H23N3O6S/c1-10(26-16(22)12(5-6-27-2)20-17(18)23)15(21)19-8-11-3-4-13-14(7-11)25-9-24-13/h3-4,7,10,12H,5-6,8-9H2,1-2H3,(H,19,21)(H3,18,20,23)/t10-,12+/m0/s1. The second-order valence-corrected chi connectivity index (χ2v) is 6.81. The number of rotatable bonds is 9. The number of hydrogen-bond donors (Lipinski definition) is 3. The van der Waals surface area contributed by atoms with Gasteiger partial charge < -0.3 is 30.6 Å². The highest BCUT2D eigenvalue weighted by Crippen LogP contribution is 2.32. The number of amides is 3. The Labute approximate surface area is 161 Å². The quantitative estimate of drug-likeness (QED) is 0.525. The van der Waals surface area contributed by atoms with E-state index in [-0.39, 0.29) is 13.3 Å². The van der Waals surface area contributed by atoms with Crippen LogP contribution in [0.15, 0.2) is 18.2 Å². The van der Waals surface area contributed by atoms with Crippen LogP contribution < -0.4 is 25.8 Å². The van der Waals surface area contributed by atoms with Crippen LogP contribution in [0.3, 0.4) is 0 Å². The third-order valence-electron chi connectivity index (χ3n) is 3.78. The van der Waals surface area contributed by atoms with Gasteiger partial charge in [0.05, 0.1) is 0 Å². The lowest BCUT2D eigenvalue weighted by atomic mass is 10.2. The molecule has 2 atom stereocenters. The molecule has 4 N–H and O–H groups in total. The fourth-order valence-corrected chi connectivity index (χ4v) is 2.82. The number of nitrogens with one attached hydrogen (secondary N) is 2. The van der Waals surface area contributed by atoms with Crippen molar-refractivity contribution < 1.29 is 28.6 Å². The molecule has 0 saturated carbocycles. The number of benzene rings is 1. The van der Waals surface area contributed by atoms with E-state index in [0.29, 0.717) is 23.7 Å². The molecule has 0 saturated heterocycles. The molecule has 1 aliphatic rings. The normalized spacial score (nSPS) is 14.1. The lowest BCUT2D eigenvalue weighted by Crippen LogP contribution is -2.47. The van der Waals surface area contributed by atoms with E-state index >= 15 is 0 Å². The molecular formula is C17H23N3O6S. The van der Waals surface area contributed by atoms with Crippen LogP contribution in [0.4, 0.5) is 4.79 Å². The molecule has 1 aliphatic heterocycles. The van der Waals surface area contributed by atoms with Crippen LogP contribution in [0.1, 0.15) is 18.9 Å². The first-order valence-electron chi connectivity index (χ1n) is 8.32. The van der Waals surface area contributed by atoms with Crippen molar-refractivity contribution in [2.75, 3.05) is 18.8 Å². The van der Waals surface area contributed by atoms with E-state index < -0.39 is 30.1 Å². The summed E-state index contributed by atoms with van der Waals surface area (Å²) in [5.41, 5.74) is 5.90. The molecule has 0 unspecified atom stereocenters. The fourth-order valence-electron chi connectivity index (χ4n) is 2.35. The lowest BCUT2D eigenvalue weighted by molar-refractivity contribution is -0.156. The Morgan fingerprint density at radius 3 is 2.74 bits per heavy atom. The maximum atomic E-state index is 12.2. The Morgan fingerprint density at radius 2 is 2.04 bits per heavy atom. The van der Waals surface area contributed by atoms with Gasteiger partial charge in [-0.25, -0.2) is 9.59 Å². The molecular weight excluding hydrogens is 374 g/mol. The summed E-state index contributed by atoms with van der Waals surface area (Å²) in [6.07, 6.45) is 1.21. The van der Waals surface area contributed by atoms with E-state index in [1.807, 2.05) is 6.26 Å². The fraction of sp³-hybridized carbons (Fsp3) is 0.471. The minimum Gasteiger partial charge on any atom is -0.454 e. The van der Waals surface area contributed by atoms with E-state index in [4.69, 9.17) is 19.9 Å². The molecule has 0 radical (unpaired) electrons. The number of nitrogens with two attached hydrogens (primary N) is 1. The van der Waals surface area contributed by atoms with Crippen LogP contribution in [-0.2, 0) is 20.9 Å². The zero-order valence-electron chi connectivity index (χ0n) is 15.2. The Bertz CT molecular complexity index is 699. The number of fused-ring (bicyclic) bond motifs is 1. The van der Waals surface area contributed by atoms with Gasteiger partial charge in [0.2, 0.25) is 6.79 Å². The summed E-state index contributed by atoms with van der Waals surface area (Å²) in [6, 6.07) is 3.63. The van der Waals surface area contributed by atoms with Gasteiger partial charge in [0, 0.05) is 6.54 Å². The van der Waals surface area contributed by atoms with Gasteiger partial charge in [0.1, 0.15) is 6.04 Å². The number of esters is 1. The van der Waals surface area contributed by atoms with Crippen LogP contribution in [0.25, 0.3) is 0 Å². The van der Waals surface area contributed by atoms with E-state index in [9.17, 15) is 14.4 Å². The molecule has 1 aromatic rings. The van der Waals surface area contributed by atoms with Crippen molar-refractivity contribution in [2.24, 2.45) is 5.73 Å². The smallest absolute Gasteiger partial charge is 0.329 e. The summed E-state index contributed by atoms with van der Waals surface area (Å²) in [4.78, 5) is 35.4. The summed E-state index contributed by atoms with van der Waals surface area (Å²) in [5.74, 6) is 0.753. The minimum absolute atomic E-state index is 0.176. The molecule has 0 fully saturated rings. The number of primary amides is 1. The number of hydrogen-bond acceptors (Lipinski definition) is 7. The van der Waals surface area contributed by atoms with E-state index in [1.54, 1.807) is 18.2 Å². The van der Waals surface area contributed by atoms with E-state index in [0.717, 1.165) is 5.56 Å². The minimum atomic E-state index is -1.02. The molecule has 1 heterocycles. The highest BCUT2D eigenvalue weighted by molar-refractivity contribution is 7.98. The zero-order chi connectivity index (χ0) is 19.8. The Balaban J connectivity index is 1.84. The average molecular weight is 397 g/mol. The maximum Gasteiger partial charge on any atom is 0.329 e. The van der Waals surface area contributed by atoms with Crippen molar-refractivity contribution in [3.05, 3.63) is 23.8 Å². The van der Waals surface area contributed by atoms with Gasteiger partial charge in [0.25, 0.3) is 5.91 Å². The van der Waals surface area contributed by atoms with Gasteiger partial charge in [0.15, 0.2) is 17.6 Å². The molecule has 10 heteroatoms. The first kappa shape index (κ1) is 20.7.